The molecule has 0 amide bonds. The number of rotatable bonds is 3. The summed E-state index contributed by atoms with van der Waals surface area (Å²) < 4.78 is 1.80. The smallest absolute Gasteiger partial charge is 0.200 e. The second-order valence-electron chi connectivity index (χ2n) is 6.82. The van der Waals surface area contributed by atoms with E-state index in [1.165, 1.54) is 12.8 Å². The Balaban J connectivity index is 1.37. The first-order valence-electron chi connectivity index (χ1n) is 8.89. The molecule has 1 aliphatic carbocycles. The van der Waals surface area contributed by atoms with E-state index < -0.39 is 0 Å². The summed E-state index contributed by atoms with van der Waals surface area (Å²) in [6.07, 6.45) is 5.75. The van der Waals surface area contributed by atoms with Gasteiger partial charge >= 0.3 is 0 Å². The van der Waals surface area contributed by atoms with Gasteiger partial charge in [0, 0.05) is 38.3 Å². The first kappa shape index (κ1) is 15.1. The fraction of sp³-hybridized carbons (Fsp3) is 0.389. The fourth-order valence-electron chi connectivity index (χ4n) is 3.46. The van der Waals surface area contributed by atoms with Gasteiger partial charge in [0.15, 0.2) is 0 Å². The van der Waals surface area contributed by atoms with E-state index in [0.29, 0.717) is 11.5 Å². The number of hydrogen-bond acceptors (Lipinski definition) is 7. The van der Waals surface area contributed by atoms with Crippen LogP contribution in [0, 0.1) is 11.3 Å². The third kappa shape index (κ3) is 2.62. The monoisotopic (exact) mass is 346 g/mol. The zero-order valence-electron chi connectivity index (χ0n) is 14.3. The van der Waals surface area contributed by atoms with E-state index in [-0.39, 0.29) is 0 Å². The maximum absolute atomic E-state index is 8.91. The van der Waals surface area contributed by atoms with Crippen molar-refractivity contribution in [1.82, 2.24) is 24.8 Å². The fourth-order valence-corrected chi connectivity index (χ4v) is 3.46. The number of hydrogen-bond donors (Lipinski definition) is 0. The molecule has 0 N–H and O–H groups in total. The zero-order valence-corrected chi connectivity index (χ0v) is 14.3. The Bertz CT molecular complexity index is 975. The van der Waals surface area contributed by atoms with Crippen LogP contribution in [-0.2, 0) is 0 Å². The lowest BCUT2D eigenvalue weighted by Gasteiger charge is -2.36. The topological polar surface area (TPSA) is 86.2 Å². The molecule has 8 heteroatoms. The average Bonchev–Trinajstić information content (AvgIpc) is 3.45. The van der Waals surface area contributed by atoms with Gasteiger partial charge in [0.1, 0.15) is 18.2 Å². The SMILES string of the molecule is N#Cc1ccc(N2CCN(c3cc(C4CC4)nn4cnnc34)CC2)nc1. The molecule has 0 radical (unpaired) electrons. The van der Waals surface area contributed by atoms with E-state index in [0.717, 1.165) is 49.0 Å². The van der Waals surface area contributed by atoms with Crippen molar-refractivity contribution < 1.29 is 0 Å². The molecule has 1 saturated heterocycles. The average molecular weight is 346 g/mol. The van der Waals surface area contributed by atoms with Crippen molar-refractivity contribution in [2.75, 3.05) is 36.0 Å². The Kier molecular flexibility index (Phi) is 3.45. The second kappa shape index (κ2) is 5.95. The summed E-state index contributed by atoms with van der Waals surface area (Å²) in [5.41, 5.74) is 3.67. The Labute approximate surface area is 150 Å². The van der Waals surface area contributed by atoms with Crippen molar-refractivity contribution in [2.45, 2.75) is 18.8 Å². The van der Waals surface area contributed by atoms with Crippen molar-refractivity contribution in [3.05, 3.63) is 42.0 Å². The van der Waals surface area contributed by atoms with Crippen LogP contribution in [0.5, 0.6) is 0 Å². The summed E-state index contributed by atoms with van der Waals surface area (Å²) in [6.45, 7) is 3.53. The highest BCUT2D eigenvalue weighted by atomic mass is 15.4. The van der Waals surface area contributed by atoms with Gasteiger partial charge in [-0.25, -0.2) is 4.98 Å². The number of fused-ring (bicyclic) bond motifs is 1. The van der Waals surface area contributed by atoms with Gasteiger partial charge < -0.3 is 9.80 Å². The molecular weight excluding hydrogens is 328 g/mol. The third-order valence-corrected chi connectivity index (χ3v) is 5.08. The van der Waals surface area contributed by atoms with E-state index in [1.54, 1.807) is 17.0 Å². The summed E-state index contributed by atoms with van der Waals surface area (Å²) in [4.78, 5) is 9.02. The summed E-state index contributed by atoms with van der Waals surface area (Å²) in [6, 6.07) is 8.04. The zero-order chi connectivity index (χ0) is 17.5. The Morgan fingerprint density at radius 2 is 1.88 bits per heavy atom. The lowest BCUT2D eigenvalue weighted by atomic mass is 10.2. The van der Waals surface area contributed by atoms with E-state index >= 15 is 0 Å². The van der Waals surface area contributed by atoms with Crippen LogP contribution >= 0.6 is 0 Å². The van der Waals surface area contributed by atoms with Gasteiger partial charge in [0.05, 0.1) is 16.9 Å². The molecular formula is C18H18N8. The molecule has 2 aliphatic rings. The highest BCUT2D eigenvalue weighted by molar-refractivity contribution is 5.69. The molecule has 5 rings (SSSR count). The van der Waals surface area contributed by atoms with Gasteiger partial charge in [-0.3, -0.25) is 0 Å². The maximum atomic E-state index is 8.91. The normalized spacial score (nSPS) is 17.5. The molecule has 0 aromatic carbocycles. The van der Waals surface area contributed by atoms with E-state index in [9.17, 15) is 0 Å². The Hall–Kier alpha value is -3.21. The predicted octanol–water partition coefficient (Wildman–Crippen LogP) is 1.59. The maximum Gasteiger partial charge on any atom is 0.200 e. The predicted molar refractivity (Wildman–Crippen MR) is 96.1 cm³/mol. The molecule has 3 aromatic rings. The number of piperazine rings is 1. The van der Waals surface area contributed by atoms with Crippen LogP contribution in [-0.4, -0.2) is 51.0 Å². The minimum atomic E-state index is 0.588. The van der Waals surface area contributed by atoms with E-state index in [1.807, 2.05) is 12.1 Å². The van der Waals surface area contributed by atoms with E-state index in [4.69, 9.17) is 5.26 Å². The molecule has 4 heterocycles. The van der Waals surface area contributed by atoms with Crippen LogP contribution in [0.4, 0.5) is 11.5 Å². The molecule has 130 valence electrons. The van der Waals surface area contributed by atoms with Gasteiger partial charge in [-0.15, -0.1) is 10.2 Å². The molecule has 3 aromatic heterocycles. The van der Waals surface area contributed by atoms with Crippen molar-refractivity contribution in [2.24, 2.45) is 0 Å². The van der Waals surface area contributed by atoms with Crippen LogP contribution in [0.25, 0.3) is 5.65 Å². The van der Waals surface area contributed by atoms with Crippen LogP contribution in [0.15, 0.2) is 30.7 Å². The van der Waals surface area contributed by atoms with Gasteiger partial charge in [-0.05, 0) is 31.0 Å². The number of aromatic nitrogens is 5. The number of anilines is 2. The Morgan fingerprint density at radius 3 is 2.58 bits per heavy atom. The van der Waals surface area contributed by atoms with Crippen LogP contribution in [0.3, 0.4) is 0 Å². The standard InChI is InChI=1S/C18H18N8/c19-10-13-1-4-17(20-11-13)25-7-5-24(6-8-25)16-9-15(14-2-3-14)23-26-12-21-22-18(16)26/h1,4,9,11-12,14H,2-3,5-8H2. The minimum Gasteiger partial charge on any atom is -0.365 e. The quantitative estimate of drug-likeness (QED) is 0.712. The second-order valence-corrected chi connectivity index (χ2v) is 6.82. The number of nitrogens with zero attached hydrogens (tertiary/aromatic N) is 8. The van der Waals surface area contributed by atoms with E-state index in [2.05, 4.69) is 42.2 Å². The lowest BCUT2D eigenvalue weighted by Crippen LogP contribution is -2.47. The van der Waals surface area contributed by atoms with Gasteiger partial charge in [0.25, 0.3) is 0 Å². The molecule has 0 unspecified atom stereocenters. The molecule has 26 heavy (non-hydrogen) atoms. The molecule has 8 nitrogen and oxygen atoms in total. The molecule has 2 fully saturated rings. The van der Waals surface area contributed by atoms with Crippen molar-refractivity contribution in [1.29, 1.82) is 5.26 Å². The van der Waals surface area contributed by atoms with Gasteiger partial charge in [0.2, 0.25) is 5.65 Å². The first-order valence-corrected chi connectivity index (χ1v) is 8.89. The van der Waals surface area contributed by atoms with Gasteiger partial charge in [-0.1, -0.05) is 0 Å². The molecule has 1 saturated carbocycles. The molecule has 1 aliphatic heterocycles. The summed E-state index contributed by atoms with van der Waals surface area (Å²) in [7, 11) is 0. The van der Waals surface area contributed by atoms with Crippen molar-refractivity contribution >= 4 is 17.2 Å². The summed E-state index contributed by atoms with van der Waals surface area (Å²) in [5, 5.41) is 21.9. The van der Waals surface area contributed by atoms with Crippen molar-refractivity contribution in [3.8, 4) is 6.07 Å². The Morgan fingerprint density at radius 1 is 1.08 bits per heavy atom. The van der Waals surface area contributed by atoms with Crippen LogP contribution in [0.2, 0.25) is 0 Å². The highest BCUT2D eigenvalue weighted by Gasteiger charge is 2.28. The molecule has 0 atom stereocenters. The summed E-state index contributed by atoms with van der Waals surface area (Å²) in [5.74, 6) is 1.51. The van der Waals surface area contributed by atoms with Crippen LogP contribution < -0.4 is 9.80 Å². The minimum absolute atomic E-state index is 0.588. The molecule has 0 bridgehead atoms. The van der Waals surface area contributed by atoms with Crippen LogP contribution in [0.1, 0.15) is 30.0 Å². The van der Waals surface area contributed by atoms with Crippen molar-refractivity contribution in [3.63, 3.8) is 0 Å². The molecule has 0 spiro atoms. The lowest BCUT2D eigenvalue weighted by molar-refractivity contribution is 0.645. The summed E-state index contributed by atoms with van der Waals surface area (Å²) >= 11 is 0. The van der Waals surface area contributed by atoms with Gasteiger partial charge in [-0.2, -0.15) is 14.9 Å². The largest absolute Gasteiger partial charge is 0.365 e. The third-order valence-electron chi connectivity index (χ3n) is 5.08. The highest BCUT2D eigenvalue weighted by Crippen LogP contribution is 2.40. The number of pyridine rings is 1. The first-order chi connectivity index (χ1) is 12.8. The number of nitriles is 1.